The van der Waals surface area contributed by atoms with Crippen molar-refractivity contribution in [2.24, 2.45) is 5.92 Å². The lowest BCUT2D eigenvalue weighted by atomic mass is 9.86. The second kappa shape index (κ2) is 3.62. The molecule has 10 heteroatoms. The molecule has 0 spiro atoms. The number of halogens is 5. The van der Waals surface area contributed by atoms with Gasteiger partial charge < -0.3 is 4.55 Å². The number of hydrogen-bond acceptors (Lipinski definition) is 4. The molecule has 0 saturated carbocycles. The Balaban J connectivity index is 3.31. The second-order valence-corrected chi connectivity index (χ2v) is 4.46. The van der Waals surface area contributed by atoms with Crippen LogP contribution in [0.1, 0.15) is 6.92 Å². The summed E-state index contributed by atoms with van der Waals surface area (Å²) >= 11 is 0. The Bertz CT molecular complexity index is 445. The zero-order chi connectivity index (χ0) is 13.7. The molecule has 2 atom stereocenters. The van der Waals surface area contributed by atoms with Gasteiger partial charge in [0.1, 0.15) is 0 Å². The fraction of sp³-hybridized carbons (Fsp3) is 0.714. The van der Waals surface area contributed by atoms with Crippen molar-refractivity contribution in [3.63, 3.8) is 0 Å². The van der Waals surface area contributed by atoms with Crippen molar-refractivity contribution in [1.82, 2.24) is 0 Å². The number of hydrogen-bond donors (Lipinski definition) is 0. The SMILES string of the molecule is CC1C=CC(F)(OS(=O)(=O)[O-])C(F)(F)C1(F)F. The Morgan fingerprint density at radius 1 is 1.24 bits per heavy atom. The smallest absolute Gasteiger partial charge is 0.372 e. The molecule has 0 saturated heterocycles. The Kier molecular flexibility index (Phi) is 3.05. The highest BCUT2D eigenvalue weighted by Gasteiger charge is 2.74. The maximum absolute atomic E-state index is 13.4. The molecule has 100 valence electrons. The largest absolute Gasteiger partial charge is 0.725 e. The molecule has 4 nitrogen and oxygen atoms in total. The molecule has 0 aromatic carbocycles. The Hall–Kier alpha value is -0.740. The summed E-state index contributed by atoms with van der Waals surface area (Å²) in [5.41, 5.74) is 0. The van der Waals surface area contributed by atoms with E-state index in [1.165, 1.54) is 0 Å². The minimum Gasteiger partial charge on any atom is -0.725 e. The minimum atomic E-state index is -5.91. The Morgan fingerprint density at radius 2 is 1.71 bits per heavy atom. The molecule has 0 bridgehead atoms. The van der Waals surface area contributed by atoms with Crippen LogP contribution < -0.4 is 0 Å². The van der Waals surface area contributed by atoms with Crippen LogP contribution >= 0.6 is 0 Å². The van der Waals surface area contributed by atoms with E-state index in [2.05, 4.69) is 4.18 Å². The van der Waals surface area contributed by atoms with Crippen molar-refractivity contribution < 1.29 is 39.1 Å². The van der Waals surface area contributed by atoms with Crippen molar-refractivity contribution >= 4 is 10.4 Å². The van der Waals surface area contributed by atoms with Crippen molar-refractivity contribution in [2.45, 2.75) is 24.6 Å². The third kappa shape index (κ3) is 2.16. The van der Waals surface area contributed by atoms with E-state index >= 15 is 0 Å². The third-order valence-electron chi connectivity index (χ3n) is 2.24. The molecule has 0 N–H and O–H groups in total. The zero-order valence-electron chi connectivity index (χ0n) is 8.16. The minimum absolute atomic E-state index is 0.204. The Morgan fingerprint density at radius 3 is 2.12 bits per heavy atom. The van der Waals surface area contributed by atoms with Crippen molar-refractivity contribution in [3.8, 4) is 0 Å². The van der Waals surface area contributed by atoms with Crippen molar-refractivity contribution in [3.05, 3.63) is 12.2 Å². The van der Waals surface area contributed by atoms with E-state index < -0.39 is 34.0 Å². The van der Waals surface area contributed by atoms with Crippen LogP contribution in [0.25, 0.3) is 0 Å². The van der Waals surface area contributed by atoms with Gasteiger partial charge in [-0.1, -0.05) is 13.0 Å². The summed E-state index contributed by atoms with van der Waals surface area (Å²) in [4.78, 5) is 0. The van der Waals surface area contributed by atoms with Crippen molar-refractivity contribution in [2.75, 3.05) is 0 Å². The fourth-order valence-corrected chi connectivity index (χ4v) is 1.69. The lowest BCUT2D eigenvalue weighted by Gasteiger charge is -2.40. The van der Waals surface area contributed by atoms with Gasteiger partial charge in [0.25, 0.3) is 0 Å². The summed E-state index contributed by atoms with van der Waals surface area (Å²) in [5, 5.41) is 0. The monoisotopic (exact) mass is 281 g/mol. The molecular weight excluding hydrogens is 275 g/mol. The lowest BCUT2D eigenvalue weighted by Crippen LogP contribution is -2.61. The molecule has 0 amide bonds. The lowest BCUT2D eigenvalue weighted by molar-refractivity contribution is -0.322. The molecule has 17 heavy (non-hydrogen) atoms. The first kappa shape index (κ1) is 14.3. The van der Waals surface area contributed by atoms with Gasteiger partial charge in [0.15, 0.2) is 0 Å². The highest BCUT2D eigenvalue weighted by atomic mass is 32.3. The van der Waals surface area contributed by atoms with Crippen LogP contribution in [-0.4, -0.2) is 30.7 Å². The molecule has 1 aliphatic carbocycles. The van der Waals surface area contributed by atoms with Gasteiger partial charge in [-0.2, -0.15) is 22.0 Å². The van der Waals surface area contributed by atoms with Crippen LogP contribution in [0.15, 0.2) is 12.2 Å². The van der Waals surface area contributed by atoms with E-state index in [0.717, 1.165) is 0 Å². The van der Waals surface area contributed by atoms with Gasteiger partial charge in [-0.15, -0.1) is 0 Å². The van der Waals surface area contributed by atoms with Gasteiger partial charge in [0, 0.05) is 5.92 Å². The predicted molar refractivity (Wildman–Crippen MR) is 42.8 cm³/mol. The first-order valence-corrected chi connectivity index (χ1v) is 5.47. The molecule has 2 unspecified atom stereocenters. The van der Waals surface area contributed by atoms with Crippen LogP contribution in [0.4, 0.5) is 22.0 Å². The van der Waals surface area contributed by atoms with Gasteiger partial charge in [0.05, 0.1) is 0 Å². The van der Waals surface area contributed by atoms with Gasteiger partial charge in [0.2, 0.25) is 10.4 Å². The molecule has 0 aliphatic heterocycles. The standard InChI is InChI=1S/C7H7F5O4S/c1-4-2-3-5(8,16-17(13,14)15)7(11,12)6(4,9)10/h2-4H,1H3,(H,13,14,15)/p-1. The van der Waals surface area contributed by atoms with E-state index in [1.807, 2.05) is 0 Å². The predicted octanol–water partition coefficient (Wildman–Crippen LogP) is 1.61. The van der Waals surface area contributed by atoms with E-state index in [4.69, 9.17) is 0 Å². The zero-order valence-corrected chi connectivity index (χ0v) is 8.98. The Labute approximate surface area is 93.0 Å². The average Bonchev–Trinajstić information content (AvgIpc) is 2.08. The molecule has 1 rings (SSSR count). The van der Waals surface area contributed by atoms with Gasteiger partial charge in [-0.25, -0.2) is 12.6 Å². The molecule has 1 aliphatic rings. The summed E-state index contributed by atoms with van der Waals surface area (Å²) in [6.07, 6.45) is 0.104. The van der Waals surface area contributed by atoms with E-state index in [0.29, 0.717) is 13.0 Å². The highest BCUT2D eigenvalue weighted by Crippen LogP contribution is 2.53. The highest BCUT2D eigenvalue weighted by molar-refractivity contribution is 7.80. The number of allylic oxidation sites excluding steroid dienone is 1. The molecular formula is C7H6F5O4S-. The van der Waals surface area contributed by atoms with Crippen LogP contribution in [0.2, 0.25) is 0 Å². The molecule has 0 heterocycles. The van der Waals surface area contributed by atoms with E-state index in [1.54, 1.807) is 0 Å². The first-order chi connectivity index (χ1) is 7.33. The summed E-state index contributed by atoms with van der Waals surface area (Å²) in [6.45, 7) is 0.676. The average molecular weight is 281 g/mol. The summed E-state index contributed by atoms with van der Waals surface area (Å²) in [5.74, 6) is -17.1. The third-order valence-corrected chi connectivity index (χ3v) is 2.69. The maximum Gasteiger partial charge on any atom is 0.372 e. The second-order valence-electron chi connectivity index (χ2n) is 3.48. The summed E-state index contributed by atoms with van der Waals surface area (Å²) in [6, 6.07) is 0. The van der Waals surface area contributed by atoms with E-state index in [9.17, 15) is 34.9 Å². The van der Waals surface area contributed by atoms with Gasteiger partial charge in [-0.05, 0) is 6.08 Å². The van der Waals surface area contributed by atoms with Crippen LogP contribution in [-0.2, 0) is 14.6 Å². The quantitative estimate of drug-likeness (QED) is 0.334. The molecule has 0 aromatic heterocycles. The van der Waals surface area contributed by atoms with Crippen LogP contribution in [0.3, 0.4) is 0 Å². The molecule has 0 radical (unpaired) electrons. The van der Waals surface area contributed by atoms with Gasteiger partial charge in [-0.3, -0.25) is 0 Å². The number of alkyl halides is 5. The fourth-order valence-electron chi connectivity index (χ4n) is 1.24. The van der Waals surface area contributed by atoms with Gasteiger partial charge >= 0.3 is 17.7 Å². The first-order valence-electron chi connectivity index (χ1n) is 4.14. The maximum atomic E-state index is 13.4. The summed E-state index contributed by atoms with van der Waals surface area (Å²) in [7, 11) is -5.91. The molecule has 0 aromatic rings. The summed E-state index contributed by atoms with van der Waals surface area (Å²) < 4.78 is 98.7. The number of rotatable bonds is 2. The van der Waals surface area contributed by atoms with E-state index in [-0.39, 0.29) is 6.08 Å². The van der Waals surface area contributed by atoms with Crippen molar-refractivity contribution in [1.29, 1.82) is 0 Å². The normalized spacial score (nSPS) is 35.8. The topological polar surface area (TPSA) is 66.4 Å². The van der Waals surface area contributed by atoms with Crippen LogP contribution in [0, 0.1) is 5.92 Å². The molecule has 0 fully saturated rings. The van der Waals surface area contributed by atoms with Crippen LogP contribution in [0.5, 0.6) is 0 Å².